The molecule has 1 atom stereocenters. The van der Waals surface area contributed by atoms with Crippen molar-refractivity contribution in [3.05, 3.63) is 35.4 Å². The van der Waals surface area contributed by atoms with Crippen LogP contribution in [-0.4, -0.2) is 11.1 Å². The summed E-state index contributed by atoms with van der Waals surface area (Å²) in [6.07, 6.45) is -4.71. The summed E-state index contributed by atoms with van der Waals surface area (Å²) in [5.41, 5.74) is -0.675. The number of carboxylic acid groups (broad SMARTS) is 1. The monoisotopic (exact) mass is 243 g/mol. The third-order valence-electron chi connectivity index (χ3n) is 2.15. The van der Waals surface area contributed by atoms with Crippen LogP contribution in [0.4, 0.5) is 13.2 Å². The van der Waals surface area contributed by atoms with Crippen LogP contribution < -0.4 is 0 Å². The molecule has 0 spiro atoms. The number of benzene rings is 1. The fourth-order valence-corrected chi connectivity index (χ4v) is 1.30. The van der Waals surface area contributed by atoms with Crippen molar-refractivity contribution in [2.45, 2.75) is 12.6 Å². The summed E-state index contributed by atoms with van der Waals surface area (Å²) in [5, 5.41) is 17.2. The Morgan fingerprint density at radius 3 is 2.59 bits per heavy atom. The summed E-state index contributed by atoms with van der Waals surface area (Å²) in [6, 6.07) is 5.83. The minimum absolute atomic E-state index is 0.175. The molecule has 0 aromatic heterocycles. The van der Waals surface area contributed by atoms with Crippen molar-refractivity contribution in [1.82, 2.24) is 0 Å². The molecule has 0 saturated carbocycles. The van der Waals surface area contributed by atoms with Gasteiger partial charge in [0.2, 0.25) is 0 Å². The molecule has 1 N–H and O–H groups in total. The molecule has 0 amide bonds. The van der Waals surface area contributed by atoms with E-state index in [4.69, 9.17) is 10.4 Å². The number of halogens is 3. The van der Waals surface area contributed by atoms with E-state index in [9.17, 15) is 18.0 Å². The van der Waals surface area contributed by atoms with Crippen molar-refractivity contribution in [3.63, 3.8) is 0 Å². The summed E-state index contributed by atoms with van der Waals surface area (Å²) in [7, 11) is 0. The van der Waals surface area contributed by atoms with Crippen molar-refractivity contribution in [2.24, 2.45) is 5.92 Å². The number of carboxylic acids is 1. The molecular formula is C11H8F3NO2. The van der Waals surface area contributed by atoms with Gasteiger partial charge in [-0.3, -0.25) is 4.79 Å². The van der Waals surface area contributed by atoms with Crippen LogP contribution in [0.3, 0.4) is 0 Å². The van der Waals surface area contributed by atoms with Crippen LogP contribution in [0.5, 0.6) is 0 Å². The van der Waals surface area contributed by atoms with E-state index < -0.39 is 23.6 Å². The minimum atomic E-state index is -4.47. The van der Waals surface area contributed by atoms with E-state index in [1.165, 1.54) is 18.2 Å². The molecular weight excluding hydrogens is 235 g/mol. The van der Waals surface area contributed by atoms with E-state index in [2.05, 4.69) is 0 Å². The lowest BCUT2D eigenvalue weighted by Gasteiger charge is -2.09. The smallest absolute Gasteiger partial charge is 0.416 e. The van der Waals surface area contributed by atoms with Crippen LogP contribution in [-0.2, 0) is 17.4 Å². The lowest BCUT2D eigenvalue weighted by molar-refractivity contribution is -0.139. The molecule has 0 bridgehead atoms. The summed E-state index contributed by atoms with van der Waals surface area (Å²) >= 11 is 0. The Morgan fingerprint density at radius 1 is 1.47 bits per heavy atom. The van der Waals surface area contributed by atoms with Crippen LogP contribution >= 0.6 is 0 Å². The average molecular weight is 243 g/mol. The number of nitrogens with zero attached hydrogens (tertiary/aromatic N) is 1. The largest absolute Gasteiger partial charge is 0.480 e. The number of hydrogen-bond acceptors (Lipinski definition) is 2. The lowest BCUT2D eigenvalue weighted by Crippen LogP contribution is -2.14. The van der Waals surface area contributed by atoms with Gasteiger partial charge in [0.1, 0.15) is 5.92 Å². The Labute approximate surface area is 95.1 Å². The zero-order valence-electron chi connectivity index (χ0n) is 8.53. The number of hydrogen-bond donors (Lipinski definition) is 1. The number of alkyl halides is 3. The number of rotatable bonds is 3. The van der Waals surface area contributed by atoms with Crippen LogP contribution in [0.1, 0.15) is 11.1 Å². The van der Waals surface area contributed by atoms with Crippen molar-refractivity contribution < 1.29 is 23.1 Å². The first-order valence-electron chi connectivity index (χ1n) is 4.63. The SMILES string of the molecule is N#CC(Cc1cccc(C(F)(F)F)c1)C(=O)O. The second-order valence-electron chi connectivity index (χ2n) is 3.42. The van der Waals surface area contributed by atoms with Gasteiger partial charge in [-0.2, -0.15) is 18.4 Å². The fourth-order valence-electron chi connectivity index (χ4n) is 1.30. The predicted molar refractivity (Wildman–Crippen MR) is 51.9 cm³/mol. The third kappa shape index (κ3) is 3.48. The molecule has 0 radical (unpaired) electrons. The summed E-state index contributed by atoms with van der Waals surface area (Å²) in [5.74, 6) is -2.68. The highest BCUT2D eigenvalue weighted by Gasteiger charge is 2.30. The molecule has 90 valence electrons. The second kappa shape index (κ2) is 4.87. The standard InChI is InChI=1S/C11H8F3NO2/c12-11(13,14)9-3-1-2-7(5-9)4-8(6-15)10(16)17/h1-3,5,8H,4H2,(H,16,17). The molecule has 6 heteroatoms. The highest BCUT2D eigenvalue weighted by atomic mass is 19.4. The molecule has 0 aliphatic heterocycles. The molecule has 0 saturated heterocycles. The fraction of sp³-hybridized carbons (Fsp3) is 0.273. The topological polar surface area (TPSA) is 61.1 Å². The summed E-state index contributed by atoms with van der Waals surface area (Å²) in [4.78, 5) is 10.6. The molecule has 0 fully saturated rings. The van der Waals surface area contributed by atoms with Gasteiger partial charge < -0.3 is 5.11 Å². The molecule has 0 aliphatic rings. The molecule has 1 rings (SSSR count). The van der Waals surface area contributed by atoms with Gasteiger partial charge >= 0.3 is 12.1 Å². The first kappa shape index (κ1) is 13.0. The van der Waals surface area contributed by atoms with E-state index in [1.807, 2.05) is 0 Å². The van der Waals surface area contributed by atoms with Crippen LogP contribution in [0.15, 0.2) is 24.3 Å². The van der Waals surface area contributed by atoms with Crippen molar-refractivity contribution in [2.75, 3.05) is 0 Å². The van der Waals surface area contributed by atoms with Crippen molar-refractivity contribution >= 4 is 5.97 Å². The van der Waals surface area contributed by atoms with Gasteiger partial charge in [-0.25, -0.2) is 0 Å². The van der Waals surface area contributed by atoms with E-state index in [-0.39, 0.29) is 12.0 Å². The van der Waals surface area contributed by atoms with Crippen LogP contribution in [0.2, 0.25) is 0 Å². The first-order chi connectivity index (χ1) is 7.84. The maximum Gasteiger partial charge on any atom is 0.416 e. The second-order valence-corrected chi connectivity index (χ2v) is 3.42. The molecule has 0 aliphatic carbocycles. The van der Waals surface area contributed by atoms with Gasteiger partial charge in [0.15, 0.2) is 0 Å². The lowest BCUT2D eigenvalue weighted by atomic mass is 9.99. The average Bonchev–Trinajstić information content (AvgIpc) is 2.24. The van der Waals surface area contributed by atoms with Gasteiger partial charge in [-0.1, -0.05) is 18.2 Å². The predicted octanol–water partition coefficient (Wildman–Crippen LogP) is 2.47. The van der Waals surface area contributed by atoms with Gasteiger partial charge in [-0.15, -0.1) is 0 Å². The Morgan fingerprint density at radius 2 is 2.12 bits per heavy atom. The number of aliphatic carboxylic acids is 1. The van der Waals surface area contributed by atoms with E-state index in [0.29, 0.717) is 0 Å². The van der Waals surface area contributed by atoms with Crippen molar-refractivity contribution in [1.29, 1.82) is 5.26 Å². The molecule has 3 nitrogen and oxygen atoms in total. The number of nitriles is 1. The Kier molecular flexibility index (Phi) is 3.73. The van der Waals surface area contributed by atoms with E-state index >= 15 is 0 Å². The molecule has 1 aromatic carbocycles. The minimum Gasteiger partial charge on any atom is -0.480 e. The molecule has 1 aromatic rings. The Hall–Kier alpha value is -2.03. The quantitative estimate of drug-likeness (QED) is 0.887. The maximum atomic E-state index is 12.4. The van der Waals surface area contributed by atoms with E-state index in [0.717, 1.165) is 12.1 Å². The zero-order chi connectivity index (χ0) is 13.1. The van der Waals surface area contributed by atoms with Gasteiger partial charge in [0, 0.05) is 0 Å². The molecule has 17 heavy (non-hydrogen) atoms. The molecule has 0 heterocycles. The highest BCUT2D eigenvalue weighted by molar-refractivity contribution is 5.73. The van der Waals surface area contributed by atoms with Gasteiger partial charge in [-0.05, 0) is 18.1 Å². The van der Waals surface area contributed by atoms with Crippen LogP contribution in [0.25, 0.3) is 0 Å². The summed E-state index contributed by atoms with van der Waals surface area (Å²) in [6.45, 7) is 0. The Balaban J connectivity index is 2.94. The third-order valence-corrected chi connectivity index (χ3v) is 2.15. The van der Waals surface area contributed by atoms with Gasteiger partial charge in [0.25, 0.3) is 0 Å². The van der Waals surface area contributed by atoms with Gasteiger partial charge in [0.05, 0.1) is 11.6 Å². The highest BCUT2D eigenvalue weighted by Crippen LogP contribution is 2.29. The first-order valence-corrected chi connectivity index (χ1v) is 4.63. The maximum absolute atomic E-state index is 12.4. The molecule has 1 unspecified atom stereocenters. The van der Waals surface area contributed by atoms with E-state index in [1.54, 1.807) is 0 Å². The summed E-state index contributed by atoms with van der Waals surface area (Å²) < 4.78 is 37.1. The van der Waals surface area contributed by atoms with Crippen molar-refractivity contribution in [3.8, 4) is 6.07 Å². The number of carbonyl (C=O) groups is 1. The van der Waals surface area contributed by atoms with Crippen LogP contribution in [0, 0.1) is 17.2 Å². The zero-order valence-corrected chi connectivity index (χ0v) is 8.53. The normalized spacial score (nSPS) is 12.8. The Bertz CT molecular complexity index is 463.